The summed E-state index contributed by atoms with van der Waals surface area (Å²) in [6, 6.07) is 6.14. The van der Waals surface area contributed by atoms with Crippen molar-refractivity contribution in [2.24, 2.45) is 5.41 Å². The zero-order valence-corrected chi connectivity index (χ0v) is 14.4. The fourth-order valence-electron chi connectivity index (χ4n) is 2.55. The van der Waals surface area contributed by atoms with E-state index in [2.05, 4.69) is 11.4 Å². The van der Waals surface area contributed by atoms with Gasteiger partial charge in [-0.2, -0.15) is 0 Å². The molecule has 0 bridgehead atoms. The van der Waals surface area contributed by atoms with Crippen LogP contribution in [0.25, 0.3) is 0 Å². The molecule has 1 aromatic rings. The van der Waals surface area contributed by atoms with Gasteiger partial charge in [0.1, 0.15) is 0 Å². The first-order chi connectivity index (χ1) is 10.9. The number of hydrogen-bond donors (Lipinski definition) is 2. The number of carboxylic acid groups (broad SMARTS) is 1. The molecule has 6 heteroatoms. The molecule has 126 valence electrons. The second kappa shape index (κ2) is 7.84. The Morgan fingerprint density at radius 3 is 2.65 bits per heavy atom. The third-order valence-corrected chi connectivity index (χ3v) is 5.39. The number of benzene rings is 1. The second-order valence-corrected chi connectivity index (χ2v) is 7.05. The van der Waals surface area contributed by atoms with Gasteiger partial charge in [-0.25, -0.2) is 0 Å². The van der Waals surface area contributed by atoms with Crippen LogP contribution in [0.15, 0.2) is 23.1 Å². The minimum Gasteiger partial charge on any atom is -0.481 e. The van der Waals surface area contributed by atoms with Crippen LogP contribution in [-0.4, -0.2) is 42.5 Å². The first kappa shape index (κ1) is 17.8. The number of ether oxygens (including phenoxy) is 1. The highest BCUT2D eigenvalue weighted by Crippen LogP contribution is 2.30. The van der Waals surface area contributed by atoms with Gasteiger partial charge in [-0.3, -0.25) is 9.59 Å². The summed E-state index contributed by atoms with van der Waals surface area (Å²) >= 11 is 1.48. The van der Waals surface area contributed by atoms with Crippen LogP contribution >= 0.6 is 11.8 Å². The lowest BCUT2D eigenvalue weighted by Gasteiger charge is -2.33. The van der Waals surface area contributed by atoms with Crippen molar-refractivity contribution >= 4 is 23.6 Å². The molecule has 1 aliphatic rings. The normalized spacial score (nSPS) is 16.8. The van der Waals surface area contributed by atoms with Crippen LogP contribution in [0, 0.1) is 19.3 Å². The van der Waals surface area contributed by atoms with Crippen molar-refractivity contribution in [1.29, 1.82) is 0 Å². The molecule has 1 saturated heterocycles. The number of nitrogens with one attached hydrogen (secondary N) is 1. The van der Waals surface area contributed by atoms with Crippen LogP contribution < -0.4 is 5.32 Å². The highest BCUT2D eigenvalue weighted by atomic mass is 32.2. The molecule has 0 aliphatic carbocycles. The Bertz CT molecular complexity index is 582. The molecule has 0 spiro atoms. The standard InChI is InChI=1S/C17H23NO4S/c1-12-3-4-13(2)14(9-12)23-10-15(19)18-11-17(16(20)21)5-7-22-8-6-17/h3-4,9H,5-8,10-11H2,1-2H3,(H,18,19)(H,20,21). The summed E-state index contributed by atoms with van der Waals surface area (Å²) in [5, 5.41) is 12.2. The monoisotopic (exact) mass is 337 g/mol. The van der Waals surface area contributed by atoms with Gasteiger partial charge >= 0.3 is 5.97 Å². The second-order valence-electron chi connectivity index (χ2n) is 6.03. The van der Waals surface area contributed by atoms with E-state index in [1.807, 2.05) is 26.0 Å². The predicted molar refractivity (Wildman–Crippen MR) is 89.8 cm³/mol. The van der Waals surface area contributed by atoms with Gasteiger partial charge in [0.15, 0.2) is 0 Å². The summed E-state index contributed by atoms with van der Waals surface area (Å²) in [6.45, 7) is 5.06. The Balaban J connectivity index is 1.87. The van der Waals surface area contributed by atoms with E-state index < -0.39 is 11.4 Å². The van der Waals surface area contributed by atoms with E-state index in [9.17, 15) is 14.7 Å². The Hall–Kier alpha value is -1.53. The van der Waals surface area contributed by atoms with Crippen LogP contribution in [0.3, 0.4) is 0 Å². The van der Waals surface area contributed by atoms with Crippen LogP contribution in [0.4, 0.5) is 0 Å². The van der Waals surface area contributed by atoms with Gasteiger partial charge in [0, 0.05) is 24.7 Å². The highest BCUT2D eigenvalue weighted by Gasteiger charge is 2.40. The van der Waals surface area contributed by atoms with E-state index in [1.54, 1.807) is 0 Å². The number of hydrogen-bond acceptors (Lipinski definition) is 4. The smallest absolute Gasteiger partial charge is 0.311 e. The number of rotatable bonds is 6. The zero-order valence-electron chi connectivity index (χ0n) is 13.6. The molecule has 5 nitrogen and oxygen atoms in total. The molecule has 0 aromatic heterocycles. The largest absolute Gasteiger partial charge is 0.481 e. The molecule has 0 saturated carbocycles. The fourth-order valence-corrected chi connectivity index (χ4v) is 3.51. The van der Waals surface area contributed by atoms with Crippen molar-refractivity contribution in [1.82, 2.24) is 5.32 Å². The van der Waals surface area contributed by atoms with Crippen molar-refractivity contribution in [3.05, 3.63) is 29.3 Å². The van der Waals surface area contributed by atoms with E-state index in [0.717, 1.165) is 16.0 Å². The molecule has 23 heavy (non-hydrogen) atoms. The van der Waals surface area contributed by atoms with Gasteiger partial charge < -0.3 is 15.2 Å². The van der Waals surface area contributed by atoms with Gasteiger partial charge in [-0.15, -0.1) is 11.8 Å². The van der Waals surface area contributed by atoms with E-state index in [-0.39, 0.29) is 18.2 Å². The van der Waals surface area contributed by atoms with Gasteiger partial charge in [0.25, 0.3) is 0 Å². The summed E-state index contributed by atoms with van der Waals surface area (Å²) in [5.74, 6) is -0.706. The molecule has 1 aromatic carbocycles. The highest BCUT2D eigenvalue weighted by molar-refractivity contribution is 8.00. The molecule has 1 fully saturated rings. The average Bonchev–Trinajstić information content (AvgIpc) is 2.54. The Kier molecular flexibility index (Phi) is 6.07. The summed E-state index contributed by atoms with van der Waals surface area (Å²) < 4.78 is 5.23. The van der Waals surface area contributed by atoms with E-state index >= 15 is 0 Å². The number of amides is 1. The fraction of sp³-hybridized carbons (Fsp3) is 0.529. The maximum Gasteiger partial charge on any atom is 0.311 e. The summed E-state index contributed by atoms with van der Waals surface area (Å²) in [6.07, 6.45) is 0.874. The first-order valence-electron chi connectivity index (χ1n) is 7.71. The summed E-state index contributed by atoms with van der Waals surface area (Å²) in [4.78, 5) is 24.7. The van der Waals surface area contributed by atoms with E-state index in [1.165, 1.54) is 11.8 Å². The number of aliphatic carboxylic acids is 1. The molecular formula is C17H23NO4S. The van der Waals surface area contributed by atoms with Crippen LogP contribution in [0.5, 0.6) is 0 Å². The van der Waals surface area contributed by atoms with Crippen molar-refractivity contribution in [2.75, 3.05) is 25.5 Å². The lowest BCUT2D eigenvalue weighted by atomic mass is 9.80. The Morgan fingerprint density at radius 1 is 1.30 bits per heavy atom. The number of aryl methyl sites for hydroxylation is 2. The first-order valence-corrected chi connectivity index (χ1v) is 8.69. The number of thioether (sulfide) groups is 1. The lowest BCUT2D eigenvalue weighted by molar-refractivity contribution is -0.154. The van der Waals surface area contributed by atoms with Gasteiger partial charge in [0.05, 0.1) is 11.2 Å². The summed E-state index contributed by atoms with van der Waals surface area (Å²) in [5.41, 5.74) is 1.41. The average molecular weight is 337 g/mol. The minimum absolute atomic E-state index is 0.136. The summed E-state index contributed by atoms with van der Waals surface area (Å²) in [7, 11) is 0. The van der Waals surface area contributed by atoms with E-state index in [4.69, 9.17) is 4.74 Å². The molecular weight excluding hydrogens is 314 g/mol. The predicted octanol–water partition coefficient (Wildman–Crippen LogP) is 2.39. The van der Waals surface area contributed by atoms with Crippen molar-refractivity contribution in [3.8, 4) is 0 Å². The van der Waals surface area contributed by atoms with E-state index in [0.29, 0.717) is 26.1 Å². The van der Waals surface area contributed by atoms with Crippen molar-refractivity contribution < 1.29 is 19.4 Å². The van der Waals surface area contributed by atoms with Crippen LogP contribution in [-0.2, 0) is 14.3 Å². The molecule has 2 N–H and O–H groups in total. The SMILES string of the molecule is Cc1ccc(C)c(SCC(=O)NCC2(C(=O)O)CCOCC2)c1. The minimum atomic E-state index is -0.891. The van der Waals surface area contributed by atoms with Crippen LogP contribution in [0.1, 0.15) is 24.0 Å². The lowest BCUT2D eigenvalue weighted by Crippen LogP contribution is -2.46. The van der Waals surface area contributed by atoms with Gasteiger partial charge in [-0.1, -0.05) is 17.7 Å². The Labute approximate surface area is 140 Å². The maximum atomic E-state index is 12.1. The van der Waals surface area contributed by atoms with Crippen molar-refractivity contribution in [3.63, 3.8) is 0 Å². The number of carbonyl (C=O) groups is 2. The Morgan fingerprint density at radius 2 is 2.00 bits per heavy atom. The molecule has 1 aliphatic heterocycles. The topological polar surface area (TPSA) is 75.6 Å². The van der Waals surface area contributed by atoms with Gasteiger partial charge in [-0.05, 0) is 38.3 Å². The third-order valence-electron chi connectivity index (χ3n) is 4.23. The maximum absolute atomic E-state index is 12.1. The number of carbonyl (C=O) groups excluding carboxylic acids is 1. The van der Waals surface area contributed by atoms with Crippen molar-refractivity contribution in [2.45, 2.75) is 31.6 Å². The molecule has 1 amide bonds. The number of carboxylic acids is 1. The third kappa shape index (κ3) is 4.72. The molecule has 0 unspecified atom stereocenters. The molecule has 0 atom stereocenters. The molecule has 2 rings (SSSR count). The van der Waals surface area contributed by atoms with Crippen LogP contribution in [0.2, 0.25) is 0 Å². The molecule has 1 heterocycles. The molecule has 0 radical (unpaired) electrons. The quantitative estimate of drug-likeness (QED) is 0.780. The zero-order chi connectivity index (χ0) is 16.9. The van der Waals surface area contributed by atoms with Gasteiger partial charge in [0.2, 0.25) is 5.91 Å².